The number of benzene rings is 1. The summed E-state index contributed by atoms with van der Waals surface area (Å²) in [5, 5.41) is 5.39. The number of carbonyl (C=O) groups excluding carboxylic acids is 2. The van der Waals surface area contributed by atoms with E-state index in [2.05, 4.69) is 10.6 Å². The van der Waals surface area contributed by atoms with E-state index in [1.54, 1.807) is 19.2 Å². The summed E-state index contributed by atoms with van der Waals surface area (Å²) in [6.45, 7) is 0.735. The minimum absolute atomic E-state index is 0.126. The lowest BCUT2D eigenvalue weighted by atomic mass is 10.1. The van der Waals surface area contributed by atoms with E-state index >= 15 is 0 Å². The van der Waals surface area contributed by atoms with Crippen LogP contribution in [0.25, 0.3) is 0 Å². The molecule has 0 bridgehead atoms. The van der Waals surface area contributed by atoms with Crippen molar-refractivity contribution < 1.29 is 14.0 Å². The molecule has 2 aromatic rings. The summed E-state index contributed by atoms with van der Waals surface area (Å²) in [6.07, 6.45) is 2.03. The van der Waals surface area contributed by atoms with Crippen LogP contribution >= 0.6 is 0 Å². The predicted octanol–water partition coefficient (Wildman–Crippen LogP) is 1.07. The number of furan rings is 1. The molecular weight excluding hydrogens is 282 g/mol. The number of carbonyl (C=O) groups is 2. The monoisotopic (exact) mass is 301 g/mol. The number of nitrogens with two attached hydrogens (primary N) is 1. The van der Waals surface area contributed by atoms with Gasteiger partial charge in [-0.3, -0.25) is 9.59 Å². The van der Waals surface area contributed by atoms with E-state index in [1.165, 1.54) is 6.26 Å². The van der Waals surface area contributed by atoms with Crippen LogP contribution in [-0.4, -0.2) is 25.4 Å². The Morgan fingerprint density at radius 1 is 1.18 bits per heavy atom. The second-order valence-corrected chi connectivity index (χ2v) is 4.79. The molecule has 0 radical (unpaired) electrons. The average molecular weight is 301 g/mol. The van der Waals surface area contributed by atoms with Crippen molar-refractivity contribution in [3.8, 4) is 0 Å². The zero-order valence-corrected chi connectivity index (χ0v) is 12.4. The lowest BCUT2D eigenvalue weighted by Crippen LogP contribution is -2.25. The zero-order valence-electron chi connectivity index (χ0n) is 12.4. The molecule has 0 unspecified atom stereocenters. The van der Waals surface area contributed by atoms with Gasteiger partial charge in [-0.15, -0.1) is 0 Å². The molecule has 0 atom stereocenters. The highest BCUT2D eigenvalue weighted by atomic mass is 16.3. The molecule has 6 heteroatoms. The van der Waals surface area contributed by atoms with Gasteiger partial charge in [0.15, 0.2) is 0 Å². The maximum absolute atomic E-state index is 11.9. The van der Waals surface area contributed by atoms with Crippen molar-refractivity contribution in [2.45, 2.75) is 13.0 Å². The van der Waals surface area contributed by atoms with Gasteiger partial charge in [-0.25, -0.2) is 0 Å². The Bertz CT molecular complexity index is 664. The van der Waals surface area contributed by atoms with Gasteiger partial charge < -0.3 is 20.8 Å². The number of hydrogen-bond donors (Lipinski definition) is 3. The van der Waals surface area contributed by atoms with Crippen molar-refractivity contribution in [1.82, 2.24) is 10.6 Å². The van der Waals surface area contributed by atoms with Crippen molar-refractivity contribution in [3.63, 3.8) is 0 Å². The van der Waals surface area contributed by atoms with Crippen LogP contribution in [-0.2, 0) is 13.0 Å². The Labute approximate surface area is 128 Å². The molecule has 2 amide bonds. The summed E-state index contributed by atoms with van der Waals surface area (Å²) >= 11 is 0. The largest absolute Gasteiger partial charge is 0.467 e. The van der Waals surface area contributed by atoms with Crippen LogP contribution in [0.3, 0.4) is 0 Å². The number of rotatable bonds is 6. The van der Waals surface area contributed by atoms with Gasteiger partial charge in [0.05, 0.1) is 12.1 Å². The molecule has 4 N–H and O–H groups in total. The summed E-state index contributed by atoms with van der Waals surface area (Å²) in [4.78, 5) is 23.5. The van der Waals surface area contributed by atoms with Crippen LogP contribution in [0.1, 0.15) is 32.0 Å². The van der Waals surface area contributed by atoms with Crippen LogP contribution in [0, 0.1) is 0 Å². The molecular formula is C16H19N3O3. The normalized spacial score (nSPS) is 10.3. The molecule has 0 aliphatic rings. The number of hydrogen-bond acceptors (Lipinski definition) is 4. The summed E-state index contributed by atoms with van der Waals surface area (Å²) in [6, 6.07) is 8.94. The zero-order chi connectivity index (χ0) is 15.9. The average Bonchev–Trinajstić information content (AvgIpc) is 3.03. The van der Waals surface area contributed by atoms with E-state index < -0.39 is 0 Å². The Morgan fingerprint density at radius 2 is 2.00 bits per heavy atom. The van der Waals surface area contributed by atoms with Gasteiger partial charge in [-0.05, 0) is 30.2 Å². The Kier molecular flexibility index (Phi) is 5.32. The molecule has 6 nitrogen and oxygen atoms in total. The molecule has 0 spiro atoms. The van der Waals surface area contributed by atoms with Crippen molar-refractivity contribution in [2.75, 3.05) is 13.6 Å². The Morgan fingerprint density at radius 3 is 2.68 bits per heavy atom. The van der Waals surface area contributed by atoms with Crippen molar-refractivity contribution in [2.24, 2.45) is 5.73 Å². The van der Waals surface area contributed by atoms with Gasteiger partial charge in [-0.1, -0.05) is 12.1 Å². The van der Waals surface area contributed by atoms with Crippen LogP contribution in [0.15, 0.2) is 41.0 Å². The fourth-order valence-electron chi connectivity index (χ4n) is 2.04. The molecule has 0 aliphatic heterocycles. The summed E-state index contributed by atoms with van der Waals surface area (Å²) in [5.41, 5.74) is 7.48. The van der Waals surface area contributed by atoms with E-state index in [9.17, 15) is 9.59 Å². The second-order valence-electron chi connectivity index (χ2n) is 4.79. The highest BCUT2D eigenvalue weighted by Gasteiger charge is 2.09. The first-order chi connectivity index (χ1) is 10.6. The standard InChI is InChI=1S/C16H19N3O3/c1-18-15(20)12-4-2-3-11(7-12)5-6-19-16(21)13-8-14(9-17)22-10-13/h2-4,7-8,10H,5-6,9,17H2,1H3,(H,18,20)(H,19,21). The van der Waals surface area contributed by atoms with E-state index in [4.69, 9.17) is 10.2 Å². The van der Waals surface area contributed by atoms with E-state index in [0.29, 0.717) is 29.9 Å². The Balaban J connectivity index is 1.88. The maximum Gasteiger partial charge on any atom is 0.254 e. The molecule has 1 aromatic carbocycles. The maximum atomic E-state index is 11.9. The fourth-order valence-corrected chi connectivity index (χ4v) is 2.04. The van der Waals surface area contributed by atoms with Gasteiger partial charge in [0.2, 0.25) is 0 Å². The van der Waals surface area contributed by atoms with Gasteiger partial charge in [0, 0.05) is 19.2 Å². The number of nitrogens with one attached hydrogen (secondary N) is 2. The minimum Gasteiger partial charge on any atom is -0.467 e. The molecule has 0 saturated carbocycles. The quantitative estimate of drug-likeness (QED) is 0.743. The summed E-state index contributed by atoms with van der Waals surface area (Å²) < 4.78 is 5.12. The fraction of sp³-hybridized carbons (Fsp3) is 0.250. The van der Waals surface area contributed by atoms with E-state index in [1.807, 2.05) is 18.2 Å². The van der Waals surface area contributed by atoms with Crippen LogP contribution in [0.4, 0.5) is 0 Å². The topological polar surface area (TPSA) is 97.4 Å². The van der Waals surface area contributed by atoms with E-state index in [0.717, 1.165) is 5.56 Å². The lowest BCUT2D eigenvalue weighted by molar-refractivity contribution is 0.0948. The van der Waals surface area contributed by atoms with Gasteiger partial charge in [0.1, 0.15) is 12.0 Å². The minimum atomic E-state index is -0.203. The smallest absolute Gasteiger partial charge is 0.254 e. The first kappa shape index (κ1) is 15.8. The third-order valence-electron chi connectivity index (χ3n) is 3.23. The summed E-state index contributed by atoms with van der Waals surface area (Å²) in [7, 11) is 1.59. The predicted molar refractivity (Wildman–Crippen MR) is 82.5 cm³/mol. The first-order valence-electron chi connectivity index (χ1n) is 7.00. The van der Waals surface area contributed by atoms with Crippen molar-refractivity contribution >= 4 is 11.8 Å². The van der Waals surface area contributed by atoms with Crippen LogP contribution < -0.4 is 16.4 Å². The lowest BCUT2D eigenvalue weighted by Gasteiger charge is -2.06. The van der Waals surface area contributed by atoms with Crippen LogP contribution in [0.5, 0.6) is 0 Å². The molecule has 0 fully saturated rings. The summed E-state index contributed by atoms with van der Waals surface area (Å²) in [5.74, 6) is 0.243. The third-order valence-corrected chi connectivity index (χ3v) is 3.23. The first-order valence-corrected chi connectivity index (χ1v) is 7.00. The van der Waals surface area contributed by atoms with Gasteiger partial charge in [0.25, 0.3) is 11.8 Å². The number of amides is 2. The van der Waals surface area contributed by atoms with Gasteiger partial charge >= 0.3 is 0 Å². The van der Waals surface area contributed by atoms with Crippen molar-refractivity contribution in [3.05, 3.63) is 59.0 Å². The molecule has 116 valence electrons. The van der Waals surface area contributed by atoms with Gasteiger partial charge in [-0.2, -0.15) is 0 Å². The highest BCUT2D eigenvalue weighted by Crippen LogP contribution is 2.08. The molecule has 1 aromatic heterocycles. The van der Waals surface area contributed by atoms with E-state index in [-0.39, 0.29) is 18.4 Å². The molecule has 0 aliphatic carbocycles. The van der Waals surface area contributed by atoms with Crippen LogP contribution in [0.2, 0.25) is 0 Å². The third kappa shape index (κ3) is 3.95. The Hall–Kier alpha value is -2.60. The van der Waals surface area contributed by atoms with Crippen molar-refractivity contribution in [1.29, 1.82) is 0 Å². The molecule has 22 heavy (non-hydrogen) atoms. The molecule has 2 rings (SSSR count). The second kappa shape index (κ2) is 7.42. The molecule has 1 heterocycles. The SMILES string of the molecule is CNC(=O)c1cccc(CCNC(=O)c2coc(CN)c2)c1. The highest BCUT2D eigenvalue weighted by molar-refractivity contribution is 5.94. The molecule has 0 saturated heterocycles.